The smallest absolute Gasteiger partial charge is 0.223 e. The third-order valence-electron chi connectivity index (χ3n) is 4.56. The lowest BCUT2D eigenvalue weighted by molar-refractivity contribution is -0.132. The van der Waals surface area contributed by atoms with Gasteiger partial charge in [0, 0.05) is 36.4 Å². The van der Waals surface area contributed by atoms with E-state index >= 15 is 0 Å². The van der Waals surface area contributed by atoms with Crippen LogP contribution in [-0.4, -0.2) is 23.1 Å². The van der Waals surface area contributed by atoms with Crippen LogP contribution in [0, 0.1) is 13.8 Å². The highest BCUT2D eigenvalue weighted by atomic mass is 32.1. The number of aryl methyl sites for hydroxylation is 2. The van der Waals surface area contributed by atoms with Crippen LogP contribution in [-0.2, 0) is 17.8 Å². The van der Waals surface area contributed by atoms with E-state index in [0.717, 1.165) is 18.5 Å². The van der Waals surface area contributed by atoms with Gasteiger partial charge < -0.3 is 4.90 Å². The minimum atomic E-state index is 0.0506. The van der Waals surface area contributed by atoms with Gasteiger partial charge in [-0.05, 0) is 54.5 Å². The van der Waals surface area contributed by atoms with Crippen LogP contribution in [0.15, 0.2) is 29.6 Å². The minimum Gasteiger partial charge on any atom is -0.338 e. The fourth-order valence-electron chi connectivity index (χ4n) is 2.90. The maximum absolute atomic E-state index is 12.4. The Morgan fingerprint density at radius 1 is 1.13 bits per heavy atom. The van der Waals surface area contributed by atoms with Crippen LogP contribution in [0.1, 0.15) is 44.8 Å². The summed E-state index contributed by atoms with van der Waals surface area (Å²) in [5, 5.41) is 2.09. The van der Waals surface area contributed by atoms with Gasteiger partial charge in [-0.3, -0.25) is 9.59 Å². The van der Waals surface area contributed by atoms with Crippen molar-refractivity contribution in [1.29, 1.82) is 0 Å². The zero-order valence-corrected chi connectivity index (χ0v) is 14.4. The highest BCUT2D eigenvalue weighted by Gasteiger charge is 2.22. The van der Waals surface area contributed by atoms with E-state index in [0.29, 0.717) is 18.5 Å². The number of nitrogens with zero attached hydrogens (tertiary/aromatic N) is 1. The molecule has 1 aromatic carbocycles. The van der Waals surface area contributed by atoms with Crippen LogP contribution in [0.3, 0.4) is 0 Å². The van der Waals surface area contributed by atoms with E-state index < -0.39 is 0 Å². The van der Waals surface area contributed by atoms with Gasteiger partial charge in [0.2, 0.25) is 5.91 Å². The molecule has 2 heterocycles. The van der Waals surface area contributed by atoms with Gasteiger partial charge in [-0.2, -0.15) is 0 Å². The second-order valence-electron chi connectivity index (χ2n) is 6.16. The Balaban J connectivity index is 1.57. The molecule has 1 aliphatic heterocycles. The van der Waals surface area contributed by atoms with E-state index in [9.17, 15) is 9.59 Å². The third kappa shape index (κ3) is 3.53. The number of thiophene rings is 1. The Morgan fingerprint density at radius 2 is 1.96 bits per heavy atom. The largest absolute Gasteiger partial charge is 0.338 e. The molecule has 0 saturated carbocycles. The van der Waals surface area contributed by atoms with Crippen molar-refractivity contribution in [3.05, 3.63) is 56.8 Å². The van der Waals surface area contributed by atoms with Crippen molar-refractivity contribution in [1.82, 2.24) is 4.90 Å². The molecular weight excluding hydrogens is 306 g/mol. The maximum Gasteiger partial charge on any atom is 0.223 e. The van der Waals surface area contributed by atoms with Gasteiger partial charge in [-0.15, -0.1) is 11.3 Å². The number of carbonyl (C=O) groups is 2. The highest BCUT2D eigenvalue weighted by Crippen LogP contribution is 2.24. The number of ketones is 1. The Bertz CT molecular complexity index is 748. The van der Waals surface area contributed by atoms with Crippen molar-refractivity contribution < 1.29 is 9.59 Å². The normalized spacial score (nSPS) is 13.7. The lowest BCUT2D eigenvalue weighted by Gasteiger charge is -2.27. The standard InChI is InChI=1S/C19H21NO2S/c1-13-3-4-15(11-14(13)2)17(21)5-6-19(22)20-9-7-18-16(12-20)8-10-23-18/h3-4,8,10-11H,5-7,9,12H2,1-2H3. The van der Waals surface area contributed by atoms with Crippen molar-refractivity contribution in [2.45, 2.75) is 39.7 Å². The summed E-state index contributed by atoms with van der Waals surface area (Å²) in [6.45, 7) is 5.49. The molecule has 0 spiro atoms. The molecule has 2 aromatic rings. The van der Waals surface area contributed by atoms with Crippen LogP contribution >= 0.6 is 11.3 Å². The summed E-state index contributed by atoms with van der Waals surface area (Å²) in [7, 11) is 0. The first-order chi connectivity index (χ1) is 11.0. The van der Waals surface area contributed by atoms with Crippen molar-refractivity contribution in [2.24, 2.45) is 0 Å². The van der Waals surface area contributed by atoms with Gasteiger partial charge in [-0.1, -0.05) is 12.1 Å². The van der Waals surface area contributed by atoms with Crippen molar-refractivity contribution >= 4 is 23.0 Å². The van der Waals surface area contributed by atoms with Crippen molar-refractivity contribution in [3.63, 3.8) is 0 Å². The summed E-state index contributed by atoms with van der Waals surface area (Å²) in [6.07, 6.45) is 1.52. The molecule has 0 atom stereocenters. The minimum absolute atomic E-state index is 0.0506. The van der Waals surface area contributed by atoms with Gasteiger partial charge in [0.15, 0.2) is 5.78 Å². The fraction of sp³-hybridized carbons (Fsp3) is 0.368. The molecule has 4 heteroatoms. The van der Waals surface area contributed by atoms with Crippen molar-refractivity contribution in [3.8, 4) is 0 Å². The van der Waals surface area contributed by atoms with Gasteiger partial charge >= 0.3 is 0 Å². The van der Waals surface area contributed by atoms with Crippen LogP contribution in [0.2, 0.25) is 0 Å². The third-order valence-corrected chi connectivity index (χ3v) is 5.58. The second-order valence-corrected chi connectivity index (χ2v) is 7.16. The number of benzene rings is 1. The molecule has 3 nitrogen and oxygen atoms in total. The summed E-state index contributed by atoms with van der Waals surface area (Å²) >= 11 is 1.77. The molecule has 0 fully saturated rings. The highest BCUT2D eigenvalue weighted by molar-refractivity contribution is 7.10. The van der Waals surface area contributed by atoms with Gasteiger partial charge in [0.05, 0.1) is 0 Å². The molecule has 0 bridgehead atoms. The van der Waals surface area contributed by atoms with Gasteiger partial charge in [0.25, 0.3) is 0 Å². The van der Waals surface area contributed by atoms with E-state index in [1.165, 1.54) is 16.0 Å². The maximum atomic E-state index is 12.4. The van der Waals surface area contributed by atoms with E-state index in [2.05, 4.69) is 11.4 Å². The number of hydrogen-bond donors (Lipinski definition) is 0. The van der Waals surface area contributed by atoms with E-state index in [-0.39, 0.29) is 18.1 Å². The zero-order chi connectivity index (χ0) is 16.4. The number of amides is 1. The summed E-state index contributed by atoms with van der Waals surface area (Å²) in [4.78, 5) is 27.9. The molecule has 3 rings (SSSR count). The summed E-state index contributed by atoms with van der Waals surface area (Å²) < 4.78 is 0. The predicted octanol–water partition coefficient (Wildman–Crippen LogP) is 3.91. The van der Waals surface area contributed by atoms with E-state index in [4.69, 9.17) is 0 Å². The number of rotatable bonds is 4. The van der Waals surface area contributed by atoms with Crippen LogP contribution in [0.25, 0.3) is 0 Å². The first-order valence-corrected chi connectivity index (χ1v) is 8.86. The SMILES string of the molecule is Cc1ccc(C(=O)CCC(=O)N2CCc3sccc3C2)cc1C. The lowest BCUT2D eigenvalue weighted by Crippen LogP contribution is -2.35. The average molecular weight is 327 g/mol. The molecule has 0 N–H and O–H groups in total. The molecule has 1 aromatic heterocycles. The Morgan fingerprint density at radius 3 is 2.74 bits per heavy atom. The van der Waals surface area contributed by atoms with E-state index in [1.807, 2.05) is 36.9 Å². The number of carbonyl (C=O) groups excluding carboxylic acids is 2. The number of Topliss-reactive ketones (excluding diaryl/α,β-unsaturated/α-hetero) is 1. The Hall–Kier alpha value is -1.94. The van der Waals surface area contributed by atoms with Crippen LogP contribution in [0.5, 0.6) is 0 Å². The topological polar surface area (TPSA) is 37.4 Å². The van der Waals surface area contributed by atoms with E-state index in [1.54, 1.807) is 11.3 Å². The average Bonchev–Trinajstić information content (AvgIpc) is 3.02. The molecular formula is C19H21NO2S. The molecule has 120 valence electrons. The molecule has 0 unspecified atom stereocenters. The monoisotopic (exact) mass is 327 g/mol. The summed E-state index contributed by atoms with van der Waals surface area (Å²) in [5.74, 6) is 0.133. The van der Waals surface area contributed by atoms with Crippen molar-refractivity contribution in [2.75, 3.05) is 6.54 Å². The molecule has 23 heavy (non-hydrogen) atoms. The van der Waals surface area contributed by atoms with Gasteiger partial charge in [-0.25, -0.2) is 0 Å². The Labute approximate surface area is 140 Å². The van der Waals surface area contributed by atoms with Crippen LogP contribution in [0.4, 0.5) is 0 Å². The molecule has 1 amide bonds. The second kappa shape index (κ2) is 6.67. The quantitative estimate of drug-likeness (QED) is 0.798. The summed E-state index contributed by atoms with van der Waals surface area (Å²) in [5.41, 5.74) is 4.26. The predicted molar refractivity (Wildman–Crippen MR) is 92.9 cm³/mol. The first kappa shape index (κ1) is 15.9. The zero-order valence-electron chi connectivity index (χ0n) is 13.6. The van der Waals surface area contributed by atoms with Gasteiger partial charge in [0.1, 0.15) is 0 Å². The molecule has 0 aliphatic carbocycles. The lowest BCUT2D eigenvalue weighted by atomic mass is 10.0. The number of fused-ring (bicyclic) bond motifs is 1. The molecule has 0 saturated heterocycles. The first-order valence-electron chi connectivity index (χ1n) is 7.98. The fourth-order valence-corrected chi connectivity index (χ4v) is 3.79. The molecule has 0 radical (unpaired) electrons. The summed E-state index contributed by atoms with van der Waals surface area (Å²) in [6, 6.07) is 7.83. The Kier molecular flexibility index (Phi) is 4.62. The molecule has 1 aliphatic rings. The van der Waals surface area contributed by atoms with Crippen LogP contribution < -0.4 is 0 Å². The number of hydrogen-bond acceptors (Lipinski definition) is 3.